The van der Waals surface area contributed by atoms with Crippen molar-refractivity contribution in [2.24, 2.45) is 0 Å². The second-order valence-corrected chi connectivity index (χ2v) is 4.01. The number of carbonyl (C=O) groups excluding carboxylic acids is 1. The molecule has 1 aromatic rings. The first-order valence-corrected chi connectivity index (χ1v) is 4.74. The molecular formula is C11H8ClNO. The lowest BCUT2D eigenvalue weighted by molar-refractivity contribution is -0.126. The second kappa shape index (κ2) is 3.11. The van der Waals surface area contributed by atoms with Gasteiger partial charge in [-0.1, -0.05) is 41.9 Å². The van der Waals surface area contributed by atoms with Crippen LogP contribution in [0, 0.1) is 11.3 Å². The summed E-state index contributed by atoms with van der Waals surface area (Å²) in [5, 5.41) is 8.84. The molecule has 0 heterocycles. The summed E-state index contributed by atoms with van der Waals surface area (Å²) in [6, 6.07) is 11.3. The van der Waals surface area contributed by atoms with Gasteiger partial charge < -0.3 is 0 Å². The molecule has 0 spiro atoms. The predicted octanol–water partition coefficient (Wildman–Crippen LogP) is 2.24. The van der Waals surface area contributed by atoms with Crippen molar-refractivity contribution in [1.82, 2.24) is 0 Å². The molecular weight excluding hydrogens is 198 g/mol. The summed E-state index contributed by atoms with van der Waals surface area (Å²) in [5.74, 6) is -0.321. The largest absolute Gasteiger partial charge is 0.296 e. The number of rotatable bonds is 1. The lowest BCUT2D eigenvalue weighted by Gasteiger charge is -2.37. The van der Waals surface area contributed by atoms with Gasteiger partial charge in [0.1, 0.15) is 0 Å². The number of ketones is 1. The zero-order chi connectivity index (χ0) is 10.2. The molecule has 0 saturated heterocycles. The molecule has 2 rings (SSSR count). The normalized spacial score (nSPS) is 30.6. The van der Waals surface area contributed by atoms with Crippen LogP contribution >= 0.6 is 11.6 Å². The highest BCUT2D eigenvalue weighted by atomic mass is 35.5. The Bertz CT molecular complexity index is 409. The van der Waals surface area contributed by atoms with Crippen LogP contribution in [0.15, 0.2) is 30.3 Å². The third-order valence-corrected chi connectivity index (χ3v) is 3.20. The molecule has 0 bridgehead atoms. The van der Waals surface area contributed by atoms with Crippen LogP contribution < -0.4 is 0 Å². The summed E-state index contributed by atoms with van der Waals surface area (Å²) >= 11 is 5.93. The Morgan fingerprint density at radius 2 is 2.07 bits per heavy atom. The van der Waals surface area contributed by atoms with E-state index in [0.29, 0.717) is 6.42 Å². The number of alkyl halides is 1. The van der Waals surface area contributed by atoms with E-state index in [1.54, 1.807) is 0 Å². The number of nitriles is 1. The van der Waals surface area contributed by atoms with Crippen molar-refractivity contribution < 1.29 is 4.79 Å². The van der Waals surface area contributed by atoms with E-state index in [1.165, 1.54) is 0 Å². The molecule has 0 N–H and O–H groups in total. The van der Waals surface area contributed by atoms with E-state index < -0.39 is 4.87 Å². The maximum absolute atomic E-state index is 11.2. The minimum atomic E-state index is -1.32. The van der Waals surface area contributed by atoms with E-state index in [0.717, 1.165) is 5.56 Å². The van der Waals surface area contributed by atoms with E-state index in [-0.39, 0.29) is 11.7 Å². The average molecular weight is 206 g/mol. The van der Waals surface area contributed by atoms with Crippen molar-refractivity contribution in [3.05, 3.63) is 35.9 Å². The highest BCUT2D eigenvalue weighted by Gasteiger charge is 2.54. The van der Waals surface area contributed by atoms with Crippen LogP contribution in [0.1, 0.15) is 17.9 Å². The lowest BCUT2D eigenvalue weighted by Crippen LogP contribution is -2.49. The van der Waals surface area contributed by atoms with E-state index >= 15 is 0 Å². The van der Waals surface area contributed by atoms with Gasteiger partial charge in [0.2, 0.25) is 0 Å². The summed E-state index contributed by atoms with van der Waals surface area (Å²) in [6.07, 6.45) is 0.376. The number of hydrogen-bond donors (Lipinski definition) is 0. The van der Waals surface area contributed by atoms with Gasteiger partial charge >= 0.3 is 0 Å². The van der Waals surface area contributed by atoms with Gasteiger partial charge in [0.05, 0.1) is 6.07 Å². The Balaban J connectivity index is 2.33. The van der Waals surface area contributed by atoms with E-state index in [9.17, 15) is 4.79 Å². The third kappa shape index (κ3) is 1.13. The minimum Gasteiger partial charge on any atom is -0.296 e. The Labute approximate surface area is 87.1 Å². The topological polar surface area (TPSA) is 40.9 Å². The van der Waals surface area contributed by atoms with Gasteiger partial charge in [-0.05, 0) is 5.56 Å². The number of hydrogen-bond acceptors (Lipinski definition) is 2. The molecule has 1 aliphatic carbocycles. The van der Waals surface area contributed by atoms with Crippen molar-refractivity contribution >= 4 is 17.4 Å². The Hall–Kier alpha value is -1.33. The molecule has 0 aromatic heterocycles. The van der Waals surface area contributed by atoms with Crippen molar-refractivity contribution in [1.29, 1.82) is 5.26 Å². The summed E-state index contributed by atoms with van der Waals surface area (Å²) in [6.45, 7) is 0. The summed E-state index contributed by atoms with van der Waals surface area (Å²) in [7, 11) is 0. The van der Waals surface area contributed by atoms with Gasteiger partial charge in [-0.3, -0.25) is 4.79 Å². The quantitative estimate of drug-likeness (QED) is 0.660. The van der Waals surface area contributed by atoms with Gasteiger partial charge in [-0.2, -0.15) is 5.26 Å². The highest BCUT2D eigenvalue weighted by Crippen LogP contribution is 2.47. The summed E-state index contributed by atoms with van der Waals surface area (Å²) < 4.78 is 0. The molecule has 70 valence electrons. The van der Waals surface area contributed by atoms with Crippen LogP contribution in [0.3, 0.4) is 0 Å². The van der Waals surface area contributed by atoms with Crippen LogP contribution in [-0.4, -0.2) is 10.7 Å². The van der Waals surface area contributed by atoms with Crippen LogP contribution in [0.4, 0.5) is 0 Å². The van der Waals surface area contributed by atoms with Crippen LogP contribution in [0.5, 0.6) is 0 Å². The van der Waals surface area contributed by atoms with E-state index in [1.807, 2.05) is 36.4 Å². The molecule has 3 heteroatoms. The first kappa shape index (κ1) is 9.23. The first-order chi connectivity index (χ1) is 6.68. The van der Waals surface area contributed by atoms with Crippen molar-refractivity contribution in [2.75, 3.05) is 0 Å². The number of carbonyl (C=O) groups is 1. The van der Waals surface area contributed by atoms with Gasteiger partial charge in [-0.15, -0.1) is 0 Å². The zero-order valence-corrected chi connectivity index (χ0v) is 8.16. The van der Waals surface area contributed by atoms with Crippen molar-refractivity contribution in [3.63, 3.8) is 0 Å². The molecule has 0 radical (unpaired) electrons. The monoisotopic (exact) mass is 205 g/mol. The van der Waals surface area contributed by atoms with Gasteiger partial charge in [0.15, 0.2) is 10.7 Å². The lowest BCUT2D eigenvalue weighted by atomic mass is 9.69. The van der Waals surface area contributed by atoms with Crippen molar-refractivity contribution in [3.8, 4) is 6.07 Å². The molecule has 1 aliphatic rings. The van der Waals surface area contributed by atoms with Crippen LogP contribution in [0.25, 0.3) is 0 Å². The average Bonchev–Trinajstić information content (AvgIpc) is 2.25. The molecule has 1 aromatic carbocycles. The molecule has 2 nitrogen and oxygen atoms in total. The third-order valence-electron chi connectivity index (χ3n) is 2.64. The second-order valence-electron chi connectivity index (χ2n) is 3.41. The Morgan fingerprint density at radius 1 is 1.43 bits per heavy atom. The first-order valence-electron chi connectivity index (χ1n) is 4.37. The fraction of sp³-hybridized carbons (Fsp3) is 0.273. The smallest absolute Gasteiger partial charge is 0.195 e. The maximum Gasteiger partial charge on any atom is 0.195 e. The molecule has 0 aliphatic heterocycles. The standard InChI is InChI=1S/C11H8ClNO/c12-11(7-13)9(6-10(11)14)8-4-2-1-3-5-8/h1-5,9H,6H2/t9-,11+/m0/s1. The molecule has 14 heavy (non-hydrogen) atoms. The van der Waals surface area contributed by atoms with Gasteiger partial charge in [-0.25, -0.2) is 0 Å². The molecule has 1 fully saturated rings. The SMILES string of the molecule is N#C[C@]1(Cl)C(=O)C[C@H]1c1ccccc1. The fourth-order valence-corrected chi connectivity index (χ4v) is 1.99. The minimum absolute atomic E-state index is 0.150. The van der Waals surface area contributed by atoms with E-state index in [4.69, 9.17) is 16.9 Å². The fourth-order valence-electron chi connectivity index (χ4n) is 1.71. The highest BCUT2D eigenvalue weighted by molar-refractivity contribution is 6.41. The Morgan fingerprint density at radius 3 is 2.57 bits per heavy atom. The van der Waals surface area contributed by atoms with E-state index in [2.05, 4.69) is 0 Å². The van der Waals surface area contributed by atoms with Crippen LogP contribution in [0.2, 0.25) is 0 Å². The number of halogens is 1. The summed E-state index contributed by atoms with van der Waals surface area (Å²) in [5.41, 5.74) is 0.962. The molecule has 2 atom stereocenters. The maximum atomic E-state index is 11.2. The molecule has 0 unspecified atom stereocenters. The number of Topliss-reactive ketones (excluding diaryl/α,β-unsaturated/α-hetero) is 1. The predicted molar refractivity (Wildman–Crippen MR) is 53.0 cm³/mol. The van der Waals surface area contributed by atoms with Crippen LogP contribution in [-0.2, 0) is 4.79 Å². The van der Waals surface area contributed by atoms with Gasteiger partial charge in [0, 0.05) is 12.3 Å². The molecule has 1 saturated carbocycles. The molecule has 0 amide bonds. The summed E-state index contributed by atoms with van der Waals surface area (Å²) in [4.78, 5) is 9.89. The van der Waals surface area contributed by atoms with Crippen molar-refractivity contribution in [2.45, 2.75) is 17.2 Å². The number of benzene rings is 1. The zero-order valence-electron chi connectivity index (χ0n) is 7.40. The Kier molecular flexibility index (Phi) is 2.05. The van der Waals surface area contributed by atoms with Gasteiger partial charge in [0.25, 0.3) is 0 Å². The number of nitrogens with zero attached hydrogens (tertiary/aromatic N) is 1.